The van der Waals surface area contributed by atoms with Crippen LogP contribution in [0.15, 0.2) is 24.3 Å². The van der Waals surface area contributed by atoms with Gasteiger partial charge in [-0.3, -0.25) is 9.59 Å². The van der Waals surface area contributed by atoms with Crippen LogP contribution in [0.4, 0.5) is 4.39 Å². The molecule has 1 aromatic rings. The van der Waals surface area contributed by atoms with E-state index in [2.05, 4.69) is 0 Å². The maximum atomic E-state index is 12.9. The third-order valence-electron chi connectivity index (χ3n) is 4.94. The fourth-order valence-electron chi connectivity index (χ4n) is 3.38. The normalized spacial score (nSPS) is 20.5. The van der Waals surface area contributed by atoms with Crippen molar-refractivity contribution >= 4 is 11.9 Å². The van der Waals surface area contributed by atoms with E-state index >= 15 is 0 Å². The number of carboxylic acid groups (broad SMARTS) is 1. The number of halogens is 1. The summed E-state index contributed by atoms with van der Waals surface area (Å²) < 4.78 is 17.9. The molecule has 1 saturated heterocycles. The Kier molecular flexibility index (Phi) is 6.93. The fraction of sp³-hybridized carbons (Fsp3) is 0.579. The first kappa shape index (κ1) is 19.4. The first-order chi connectivity index (χ1) is 12.0. The van der Waals surface area contributed by atoms with Crippen LogP contribution in [0.3, 0.4) is 0 Å². The molecule has 0 spiro atoms. The number of amides is 1. The molecule has 1 aromatic carbocycles. The van der Waals surface area contributed by atoms with Crippen molar-refractivity contribution in [2.45, 2.75) is 38.5 Å². The number of benzene rings is 1. The van der Waals surface area contributed by atoms with Gasteiger partial charge >= 0.3 is 5.97 Å². The Hall–Kier alpha value is -1.95. The van der Waals surface area contributed by atoms with Gasteiger partial charge in [-0.05, 0) is 49.8 Å². The van der Waals surface area contributed by atoms with Gasteiger partial charge in [0.15, 0.2) is 0 Å². The minimum atomic E-state index is -0.902. The standard InChI is InChI=1S/C19H26FNO4/c1-25-13-11-19(18(23)24)10-3-12-21(14-19)17(22)5-2-4-15-6-8-16(20)9-7-15/h6-9H,2-5,10-14H2,1H3,(H,23,24). The highest BCUT2D eigenvalue weighted by molar-refractivity contribution is 5.79. The lowest BCUT2D eigenvalue weighted by atomic mass is 9.77. The van der Waals surface area contributed by atoms with Crippen molar-refractivity contribution in [1.82, 2.24) is 4.90 Å². The molecule has 1 amide bonds. The van der Waals surface area contributed by atoms with Crippen LogP contribution in [-0.4, -0.2) is 48.7 Å². The third-order valence-corrected chi connectivity index (χ3v) is 4.94. The highest BCUT2D eigenvalue weighted by atomic mass is 19.1. The number of carboxylic acids is 1. The summed E-state index contributed by atoms with van der Waals surface area (Å²) in [7, 11) is 1.55. The maximum Gasteiger partial charge on any atom is 0.311 e. The number of hydrogen-bond donors (Lipinski definition) is 1. The van der Waals surface area contributed by atoms with E-state index in [0.717, 1.165) is 5.56 Å². The molecule has 5 nitrogen and oxygen atoms in total. The van der Waals surface area contributed by atoms with Crippen LogP contribution < -0.4 is 0 Å². The van der Waals surface area contributed by atoms with E-state index in [0.29, 0.717) is 51.7 Å². The molecule has 0 aliphatic carbocycles. The molecule has 0 aromatic heterocycles. The smallest absolute Gasteiger partial charge is 0.311 e. The SMILES string of the molecule is COCCC1(C(=O)O)CCCN(C(=O)CCCc2ccc(F)cc2)C1. The van der Waals surface area contributed by atoms with E-state index in [1.807, 2.05) is 0 Å². The summed E-state index contributed by atoms with van der Waals surface area (Å²) in [5, 5.41) is 9.64. The van der Waals surface area contributed by atoms with Crippen molar-refractivity contribution in [3.8, 4) is 0 Å². The molecule has 138 valence electrons. The first-order valence-electron chi connectivity index (χ1n) is 8.71. The van der Waals surface area contributed by atoms with Gasteiger partial charge in [0.1, 0.15) is 5.82 Å². The number of methoxy groups -OCH3 is 1. The van der Waals surface area contributed by atoms with Crippen molar-refractivity contribution in [3.05, 3.63) is 35.6 Å². The molecule has 1 aliphatic rings. The molecule has 1 aliphatic heterocycles. The average molecular weight is 351 g/mol. The number of carbonyl (C=O) groups is 2. The minimum Gasteiger partial charge on any atom is -0.481 e. The van der Waals surface area contributed by atoms with E-state index in [9.17, 15) is 19.1 Å². The summed E-state index contributed by atoms with van der Waals surface area (Å²) >= 11 is 0. The number of piperidine rings is 1. The summed E-state index contributed by atoms with van der Waals surface area (Å²) in [5.41, 5.74) is 0.0914. The molecule has 0 radical (unpaired) electrons. The molecular formula is C19H26FNO4. The highest BCUT2D eigenvalue weighted by Crippen LogP contribution is 2.34. The number of carbonyl (C=O) groups excluding carboxylic acids is 1. The van der Waals surface area contributed by atoms with E-state index in [1.165, 1.54) is 12.1 Å². The van der Waals surface area contributed by atoms with Gasteiger partial charge in [0.2, 0.25) is 5.91 Å². The van der Waals surface area contributed by atoms with E-state index < -0.39 is 11.4 Å². The van der Waals surface area contributed by atoms with Crippen LogP contribution in [0, 0.1) is 11.2 Å². The van der Waals surface area contributed by atoms with Crippen LogP contribution in [0.5, 0.6) is 0 Å². The lowest BCUT2D eigenvalue weighted by molar-refractivity contribution is -0.156. The van der Waals surface area contributed by atoms with Crippen molar-refractivity contribution in [3.63, 3.8) is 0 Å². The van der Waals surface area contributed by atoms with Crippen LogP contribution in [0.25, 0.3) is 0 Å². The Bertz CT molecular complexity index is 590. The zero-order valence-corrected chi connectivity index (χ0v) is 14.7. The lowest BCUT2D eigenvalue weighted by Crippen LogP contribution is -2.50. The van der Waals surface area contributed by atoms with Crippen molar-refractivity contribution in [2.75, 3.05) is 26.8 Å². The van der Waals surface area contributed by atoms with Gasteiger partial charge < -0.3 is 14.7 Å². The van der Waals surface area contributed by atoms with Gasteiger partial charge in [0.25, 0.3) is 0 Å². The Morgan fingerprint density at radius 2 is 2.04 bits per heavy atom. The van der Waals surface area contributed by atoms with E-state index in [1.54, 1.807) is 24.1 Å². The molecule has 0 saturated carbocycles. The molecular weight excluding hydrogens is 325 g/mol. The van der Waals surface area contributed by atoms with Crippen molar-refractivity contribution in [1.29, 1.82) is 0 Å². The number of nitrogens with zero attached hydrogens (tertiary/aromatic N) is 1. The summed E-state index contributed by atoms with van der Waals surface area (Å²) in [6.07, 6.45) is 3.42. The van der Waals surface area contributed by atoms with Crippen molar-refractivity contribution < 1.29 is 23.8 Å². The first-order valence-corrected chi connectivity index (χ1v) is 8.71. The highest BCUT2D eigenvalue weighted by Gasteiger charge is 2.43. The zero-order chi connectivity index (χ0) is 18.3. The maximum absolute atomic E-state index is 12.9. The third kappa shape index (κ3) is 5.26. The van der Waals surface area contributed by atoms with Gasteiger partial charge in [-0.1, -0.05) is 12.1 Å². The van der Waals surface area contributed by atoms with E-state index in [-0.39, 0.29) is 18.3 Å². The summed E-state index contributed by atoms with van der Waals surface area (Å²) in [4.78, 5) is 25.9. The van der Waals surface area contributed by atoms with Crippen LogP contribution in [0.1, 0.15) is 37.7 Å². The topological polar surface area (TPSA) is 66.8 Å². The predicted molar refractivity (Wildman–Crippen MR) is 91.7 cm³/mol. The molecule has 1 heterocycles. The largest absolute Gasteiger partial charge is 0.481 e. The molecule has 0 bridgehead atoms. The summed E-state index contributed by atoms with van der Waals surface area (Å²) in [6.45, 7) is 1.23. The Balaban J connectivity index is 1.87. The Morgan fingerprint density at radius 3 is 2.68 bits per heavy atom. The number of rotatable bonds is 8. The second-order valence-corrected chi connectivity index (χ2v) is 6.73. The fourth-order valence-corrected chi connectivity index (χ4v) is 3.38. The van der Waals surface area contributed by atoms with Crippen LogP contribution in [0.2, 0.25) is 0 Å². The molecule has 1 unspecified atom stereocenters. The van der Waals surface area contributed by atoms with Crippen LogP contribution in [-0.2, 0) is 20.7 Å². The molecule has 6 heteroatoms. The second-order valence-electron chi connectivity index (χ2n) is 6.73. The molecule has 1 fully saturated rings. The number of ether oxygens (including phenoxy) is 1. The Morgan fingerprint density at radius 1 is 1.32 bits per heavy atom. The lowest BCUT2D eigenvalue weighted by Gasteiger charge is -2.40. The van der Waals surface area contributed by atoms with Gasteiger partial charge in [0, 0.05) is 33.2 Å². The van der Waals surface area contributed by atoms with Crippen LogP contribution >= 0.6 is 0 Å². The molecule has 1 atom stereocenters. The number of likely N-dealkylation sites (tertiary alicyclic amines) is 1. The van der Waals surface area contributed by atoms with Gasteiger partial charge in [-0.15, -0.1) is 0 Å². The monoisotopic (exact) mass is 351 g/mol. The Labute approximate surface area is 147 Å². The molecule has 2 rings (SSSR count). The summed E-state index contributed by atoms with van der Waals surface area (Å²) in [5.74, 6) is -1.13. The molecule has 1 N–H and O–H groups in total. The van der Waals surface area contributed by atoms with Crippen molar-refractivity contribution in [2.24, 2.45) is 5.41 Å². The quantitative estimate of drug-likeness (QED) is 0.782. The number of aryl methyl sites for hydroxylation is 1. The van der Waals surface area contributed by atoms with Gasteiger partial charge in [-0.25, -0.2) is 4.39 Å². The zero-order valence-electron chi connectivity index (χ0n) is 14.7. The second kappa shape index (κ2) is 8.94. The average Bonchev–Trinajstić information content (AvgIpc) is 2.61. The summed E-state index contributed by atoms with van der Waals surface area (Å²) in [6, 6.07) is 6.28. The number of hydrogen-bond acceptors (Lipinski definition) is 3. The minimum absolute atomic E-state index is 0.00939. The van der Waals surface area contributed by atoms with E-state index in [4.69, 9.17) is 4.74 Å². The van der Waals surface area contributed by atoms with Gasteiger partial charge in [-0.2, -0.15) is 0 Å². The predicted octanol–water partition coefficient (Wildman–Crippen LogP) is 2.88. The molecule has 25 heavy (non-hydrogen) atoms. The number of aliphatic carboxylic acids is 1. The van der Waals surface area contributed by atoms with Gasteiger partial charge in [0.05, 0.1) is 5.41 Å².